The molecule has 0 unspecified atom stereocenters. The van der Waals surface area contributed by atoms with Gasteiger partial charge in [0.15, 0.2) is 12.8 Å². The van der Waals surface area contributed by atoms with Gasteiger partial charge in [-0.25, -0.2) is 9.37 Å². The van der Waals surface area contributed by atoms with Crippen molar-refractivity contribution in [3.05, 3.63) is 12.7 Å². The molecule has 0 fully saturated rings. The van der Waals surface area contributed by atoms with Crippen LogP contribution in [0, 0.1) is 0 Å². The summed E-state index contributed by atoms with van der Waals surface area (Å²) in [6.45, 7) is 9.59. The predicted octanol–water partition coefficient (Wildman–Crippen LogP) is 0.839. The van der Waals surface area contributed by atoms with E-state index in [2.05, 4.69) is 25.0 Å². The third-order valence-corrected chi connectivity index (χ3v) is 1.54. The summed E-state index contributed by atoms with van der Waals surface area (Å²) in [7, 11) is 0. The summed E-state index contributed by atoms with van der Waals surface area (Å²) in [5.74, 6) is -0.376. The lowest BCUT2D eigenvalue weighted by molar-refractivity contribution is -0.517. The second-order valence-electron chi connectivity index (χ2n) is 2.24. The molecule has 3 heteroatoms. The quantitative estimate of drug-likeness (QED) is 0.265. The van der Waals surface area contributed by atoms with Crippen LogP contribution in [0.2, 0.25) is 0 Å². The van der Waals surface area contributed by atoms with Crippen LogP contribution in [0.1, 0.15) is 13.8 Å². The number of rotatable bonds is 5. The van der Waals surface area contributed by atoms with Crippen LogP contribution in [-0.2, 0) is 9.53 Å². The van der Waals surface area contributed by atoms with Gasteiger partial charge in [-0.2, -0.15) is 0 Å². The van der Waals surface area contributed by atoms with E-state index in [1.54, 1.807) is 0 Å². The van der Waals surface area contributed by atoms with Gasteiger partial charge in [0.2, 0.25) is 0 Å². The minimum atomic E-state index is -0.376. The number of carbonyl (C=O) groups excluding carboxylic acids is 1. The van der Waals surface area contributed by atoms with Gasteiger partial charge in [0.05, 0.1) is 0 Å². The van der Waals surface area contributed by atoms with Crippen molar-refractivity contribution in [1.82, 2.24) is 0 Å². The number of ether oxygens (including phenoxy) is 1. The number of hydrogen-bond acceptors (Lipinski definition) is 2. The molecule has 0 saturated carbocycles. The van der Waals surface area contributed by atoms with Crippen LogP contribution in [0.5, 0.6) is 0 Å². The molecule has 0 heterocycles. The van der Waals surface area contributed by atoms with Gasteiger partial charge >= 0.3 is 5.97 Å². The Hall–Kier alpha value is -1.12. The summed E-state index contributed by atoms with van der Waals surface area (Å²) >= 11 is 0. The van der Waals surface area contributed by atoms with Gasteiger partial charge < -0.3 is 4.74 Å². The van der Waals surface area contributed by atoms with Crippen molar-refractivity contribution in [2.45, 2.75) is 13.8 Å². The molecule has 0 aromatic rings. The molecule has 0 aliphatic rings. The van der Waals surface area contributed by atoms with Gasteiger partial charge in [-0.05, 0) is 13.8 Å². The van der Waals surface area contributed by atoms with E-state index in [0.29, 0.717) is 6.61 Å². The standard InChI is InChI=1S/C9H16NO2/c1-4-9(11)12-8-7-10(5-2)6-3/h4,7H,1,5-6,8H2,2-3H3/q+1. The lowest BCUT2D eigenvalue weighted by atomic mass is 10.6. The Balaban J connectivity index is 3.71. The number of hydrogen-bond donors (Lipinski definition) is 0. The van der Waals surface area contributed by atoms with Crippen LogP contribution in [0.4, 0.5) is 0 Å². The maximum Gasteiger partial charge on any atom is 0.330 e. The molecule has 68 valence electrons. The Kier molecular flexibility index (Phi) is 5.97. The summed E-state index contributed by atoms with van der Waals surface area (Å²) < 4.78 is 6.84. The highest BCUT2D eigenvalue weighted by atomic mass is 16.5. The zero-order chi connectivity index (χ0) is 9.40. The van der Waals surface area contributed by atoms with Crippen LogP contribution in [0.15, 0.2) is 12.7 Å². The normalized spacial score (nSPS) is 8.83. The van der Waals surface area contributed by atoms with E-state index in [9.17, 15) is 4.79 Å². The molecular weight excluding hydrogens is 154 g/mol. The molecule has 0 radical (unpaired) electrons. The van der Waals surface area contributed by atoms with Crippen molar-refractivity contribution in [1.29, 1.82) is 0 Å². The SMILES string of the molecule is C=CC(=O)OCC=[N+](CC)CC. The Morgan fingerprint density at radius 1 is 1.50 bits per heavy atom. The zero-order valence-corrected chi connectivity index (χ0v) is 7.75. The van der Waals surface area contributed by atoms with Crippen molar-refractivity contribution < 1.29 is 14.1 Å². The highest BCUT2D eigenvalue weighted by Crippen LogP contribution is 1.77. The Morgan fingerprint density at radius 2 is 2.08 bits per heavy atom. The minimum absolute atomic E-state index is 0.326. The molecule has 0 saturated heterocycles. The molecule has 0 aliphatic carbocycles. The number of esters is 1. The second kappa shape index (κ2) is 6.58. The van der Waals surface area contributed by atoms with Gasteiger partial charge in [0.1, 0.15) is 13.1 Å². The zero-order valence-electron chi connectivity index (χ0n) is 7.75. The molecule has 0 aliphatic heterocycles. The fraction of sp³-hybridized carbons (Fsp3) is 0.556. The van der Waals surface area contributed by atoms with Crippen LogP contribution in [-0.4, -0.2) is 36.5 Å². The van der Waals surface area contributed by atoms with Gasteiger partial charge in [0, 0.05) is 6.08 Å². The Bertz CT molecular complexity index is 179. The molecule has 0 spiro atoms. The summed E-state index contributed by atoms with van der Waals surface area (Å²) in [6.07, 6.45) is 3.03. The van der Waals surface area contributed by atoms with Gasteiger partial charge in [-0.1, -0.05) is 6.58 Å². The van der Waals surface area contributed by atoms with Crippen LogP contribution >= 0.6 is 0 Å². The van der Waals surface area contributed by atoms with Crippen molar-refractivity contribution in [2.75, 3.05) is 19.7 Å². The van der Waals surface area contributed by atoms with E-state index in [-0.39, 0.29) is 5.97 Å². The minimum Gasteiger partial charge on any atom is -0.452 e. The van der Waals surface area contributed by atoms with E-state index in [0.717, 1.165) is 19.2 Å². The Morgan fingerprint density at radius 3 is 2.50 bits per heavy atom. The van der Waals surface area contributed by atoms with E-state index in [1.807, 2.05) is 6.21 Å². The van der Waals surface area contributed by atoms with Crippen LogP contribution in [0.3, 0.4) is 0 Å². The highest BCUT2D eigenvalue weighted by molar-refractivity contribution is 5.82. The van der Waals surface area contributed by atoms with Gasteiger partial charge in [-0.3, -0.25) is 0 Å². The predicted molar refractivity (Wildman–Crippen MR) is 48.6 cm³/mol. The number of nitrogens with zero attached hydrogens (tertiary/aromatic N) is 1. The van der Waals surface area contributed by atoms with Crippen molar-refractivity contribution in [3.8, 4) is 0 Å². The van der Waals surface area contributed by atoms with Crippen molar-refractivity contribution in [2.24, 2.45) is 0 Å². The maximum atomic E-state index is 10.6. The summed E-state index contributed by atoms with van der Waals surface area (Å²) in [6, 6.07) is 0. The lowest BCUT2D eigenvalue weighted by Crippen LogP contribution is -2.16. The third kappa shape index (κ3) is 4.66. The largest absolute Gasteiger partial charge is 0.452 e. The molecule has 0 amide bonds. The molecule has 0 bridgehead atoms. The van der Waals surface area contributed by atoms with Crippen LogP contribution < -0.4 is 0 Å². The van der Waals surface area contributed by atoms with E-state index in [1.165, 1.54) is 0 Å². The fourth-order valence-electron chi connectivity index (χ4n) is 0.766. The van der Waals surface area contributed by atoms with Gasteiger partial charge in [0.25, 0.3) is 0 Å². The van der Waals surface area contributed by atoms with Crippen molar-refractivity contribution in [3.63, 3.8) is 0 Å². The van der Waals surface area contributed by atoms with E-state index < -0.39 is 0 Å². The first-order chi connectivity index (χ1) is 5.74. The fourth-order valence-corrected chi connectivity index (χ4v) is 0.766. The number of carbonyl (C=O) groups is 1. The Labute approximate surface area is 73.3 Å². The summed E-state index contributed by atoms with van der Waals surface area (Å²) in [5, 5.41) is 0. The molecule has 3 nitrogen and oxygen atoms in total. The monoisotopic (exact) mass is 170 g/mol. The first-order valence-corrected chi connectivity index (χ1v) is 4.11. The average molecular weight is 170 g/mol. The highest BCUT2D eigenvalue weighted by Gasteiger charge is 1.97. The molecule has 0 aromatic heterocycles. The van der Waals surface area contributed by atoms with Gasteiger partial charge in [-0.15, -0.1) is 0 Å². The third-order valence-electron chi connectivity index (χ3n) is 1.54. The summed E-state index contributed by atoms with van der Waals surface area (Å²) in [5.41, 5.74) is 0. The summed E-state index contributed by atoms with van der Waals surface area (Å²) in [4.78, 5) is 10.6. The van der Waals surface area contributed by atoms with E-state index in [4.69, 9.17) is 4.74 Å². The second-order valence-corrected chi connectivity index (χ2v) is 2.24. The molecule has 0 aromatic carbocycles. The molecule has 0 N–H and O–H groups in total. The van der Waals surface area contributed by atoms with E-state index >= 15 is 0 Å². The van der Waals surface area contributed by atoms with Crippen molar-refractivity contribution >= 4 is 12.2 Å². The van der Waals surface area contributed by atoms with Crippen LogP contribution in [0.25, 0.3) is 0 Å². The molecular formula is C9H16NO2+. The average Bonchev–Trinajstić information content (AvgIpc) is 2.12. The maximum absolute atomic E-state index is 10.6. The first-order valence-electron chi connectivity index (χ1n) is 4.11. The molecule has 0 rings (SSSR count). The lowest BCUT2D eigenvalue weighted by Gasteiger charge is -1.97. The topological polar surface area (TPSA) is 29.3 Å². The molecule has 12 heavy (non-hydrogen) atoms. The first kappa shape index (κ1) is 10.9. The smallest absolute Gasteiger partial charge is 0.330 e. The molecule has 0 atom stereocenters.